The molecule has 4 heteroatoms. The number of hydrogen-bond acceptors (Lipinski definition) is 3. The molecule has 0 aromatic carbocycles. The van der Waals surface area contributed by atoms with Crippen LogP contribution in [-0.4, -0.2) is 20.7 Å². The number of rotatable bonds is 3. The van der Waals surface area contributed by atoms with Crippen LogP contribution in [0.3, 0.4) is 0 Å². The minimum Gasteiger partial charge on any atom is -0.325 e. The van der Waals surface area contributed by atoms with Gasteiger partial charge in [0.15, 0.2) is 5.82 Å². The molecule has 3 N–H and O–H groups in total. The third-order valence-corrected chi connectivity index (χ3v) is 4.41. The lowest BCUT2D eigenvalue weighted by atomic mass is 9.74. The molecule has 1 fully saturated rings. The zero-order valence-electron chi connectivity index (χ0n) is 11.4. The van der Waals surface area contributed by atoms with Crippen molar-refractivity contribution >= 4 is 0 Å². The summed E-state index contributed by atoms with van der Waals surface area (Å²) >= 11 is 0. The van der Waals surface area contributed by atoms with Crippen molar-refractivity contribution in [2.24, 2.45) is 5.73 Å². The Morgan fingerprint density at radius 3 is 2.29 bits per heavy atom. The largest absolute Gasteiger partial charge is 0.325 e. The predicted molar refractivity (Wildman–Crippen MR) is 68.9 cm³/mol. The highest BCUT2D eigenvalue weighted by Gasteiger charge is 2.39. The van der Waals surface area contributed by atoms with Crippen molar-refractivity contribution in [2.45, 2.75) is 70.3 Å². The molecule has 1 aromatic rings. The third-order valence-electron chi connectivity index (χ3n) is 4.41. The van der Waals surface area contributed by atoms with Crippen molar-refractivity contribution in [3.63, 3.8) is 0 Å². The molecule has 0 unspecified atom stereocenters. The summed E-state index contributed by atoms with van der Waals surface area (Å²) in [5.41, 5.74) is 5.66. The van der Waals surface area contributed by atoms with Crippen molar-refractivity contribution in [1.82, 2.24) is 15.2 Å². The van der Waals surface area contributed by atoms with Gasteiger partial charge in [0.05, 0.1) is 0 Å². The van der Waals surface area contributed by atoms with Gasteiger partial charge in [-0.3, -0.25) is 5.10 Å². The van der Waals surface area contributed by atoms with Crippen LogP contribution in [0.4, 0.5) is 0 Å². The molecule has 0 bridgehead atoms. The minimum absolute atomic E-state index is 0.222. The van der Waals surface area contributed by atoms with Gasteiger partial charge in [-0.2, -0.15) is 5.10 Å². The molecule has 0 aliphatic heterocycles. The Morgan fingerprint density at radius 1 is 1.18 bits per heavy atom. The highest BCUT2D eigenvalue weighted by molar-refractivity contribution is 5.14. The molecule has 1 aliphatic rings. The van der Waals surface area contributed by atoms with Crippen LogP contribution in [0.25, 0.3) is 0 Å². The molecule has 1 heterocycles. The Balaban J connectivity index is 2.23. The van der Waals surface area contributed by atoms with Crippen LogP contribution < -0.4 is 5.73 Å². The van der Waals surface area contributed by atoms with Crippen LogP contribution in [0.5, 0.6) is 0 Å². The van der Waals surface area contributed by atoms with Gasteiger partial charge in [-0.25, -0.2) is 4.98 Å². The first kappa shape index (κ1) is 12.6. The second-order valence-electron chi connectivity index (χ2n) is 6.37. The first-order chi connectivity index (χ1) is 7.82. The van der Waals surface area contributed by atoms with Crippen molar-refractivity contribution < 1.29 is 0 Å². The average molecular weight is 236 g/mol. The standard InChI is InChI=1S/C13H24N4/c1-12(2,13(3,4)14)11-15-10(16-17-11)9-7-5-6-8-9/h9H,5-8,14H2,1-4H3,(H,15,16,17). The van der Waals surface area contributed by atoms with Crippen LogP contribution in [0.1, 0.15) is 70.9 Å². The monoisotopic (exact) mass is 236 g/mol. The molecular formula is C13H24N4. The number of nitrogens with zero attached hydrogens (tertiary/aromatic N) is 2. The van der Waals surface area contributed by atoms with E-state index in [0.717, 1.165) is 11.6 Å². The minimum atomic E-state index is -0.331. The molecular weight excluding hydrogens is 212 g/mol. The number of nitrogens with two attached hydrogens (primary N) is 1. The smallest absolute Gasteiger partial charge is 0.158 e. The number of nitrogens with one attached hydrogen (secondary N) is 1. The number of hydrogen-bond donors (Lipinski definition) is 2. The van der Waals surface area contributed by atoms with Gasteiger partial charge in [-0.15, -0.1) is 0 Å². The summed E-state index contributed by atoms with van der Waals surface area (Å²) in [4.78, 5) is 4.68. The van der Waals surface area contributed by atoms with Crippen LogP contribution >= 0.6 is 0 Å². The fourth-order valence-corrected chi connectivity index (χ4v) is 2.22. The maximum Gasteiger partial charge on any atom is 0.158 e. The fourth-order valence-electron chi connectivity index (χ4n) is 2.22. The molecule has 0 radical (unpaired) electrons. The molecule has 96 valence electrons. The van der Waals surface area contributed by atoms with E-state index in [0.29, 0.717) is 5.92 Å². The lowest BCUT2D eigenvalue weighted by Crippen LogP contribution is -2.50. The van der Waals surface area contributed by atoms with Gasteiger partial charge in [0.1, 0.15) is 5.82 Å². The van der Waals surface area contributed by atoms with Gasteiger partial charge >= 0.3 is 0 Å². The topological polar surface area (TPSA) is 67.6 Å². The Bertz CT molecular complexity index is 380. The quantitative estimate of drug-likeness (QED) is 0.847. The van der Waals surface area contributed by atoms with Gasteiger partial charge < -0.3 is 5.73 Å². The molecule has 0 saturated heterocycles. The summed E-state index contributed by atoms with van der Waals surface area (Å²) < 4.78 is 0. The summed E-state index contributed by atoms with van der Waals surface area (Å²) in [6.45, 7) is 8.26. The highest BCUT2D eigenvalue weighted by Crippen LogP contribution is 2.35. The highest BCUT2D eigenvalue weighted by atomic mass is 15.2. The number of aromatic nitrogens is 3. The molecule has 1 aliphatic carbocycles. The maximum absolute atomic E-state index is 6.21. The predicted octanol–water partition coefficient (Wildman–Crippen LogP) is 2.48. The van der Waals surface area contributed by atoms with E-state index in [-0.39, 0.29) is 11.0 Å². The van der Waals surface area contributed by atoms with E-state index in [1.165, 1.54) is 25.7 Å². The molecule has 0 spiro atoms. The fraction of sp³-hybridized carbons (Fsp3) is 0.846. The Morgan fingerprint density at radius 2 is 1.76 bits per heavy atom. The SMILES string of the molecule is CC(C)(N)C(C)(C)c1n[nH]c(C2CCCC2)n1. The van der Waals surface area contributed by atoms with Crippen molar-refractivity contribution in [1.29, 1.82) is 0 Å². The third kappa shape index (κ3) is 2.23. The molecule has 1 aromatic heterocycles. The first-order valence-electron chi connectivity index (χ1n) is 6.54. The second kappa shape index (κ2) is 4.09. The summed E-state index contributed by atoms with van der Waals surface area (Å²) in [5, 5.41) is 7.49. The summed E-state index contributed by atoms with van der Waals surface area (Å²) in [5.74, 6) is 2.47. The number of H-pyrrole nitrogens is 1. The summed E-state index contributed by atoms with van der Waals surface area (Å²) in [6.07, 6.45) is 5.10. The van der Waals surface area contributed by atoms with E-state index >= 15 is 0 Å². The second-order valence-corrected chi connectivity index (χ2v) is 6.37. The summed E-state index contributed by atoms with van der Waals surface area (Å²) in [7, 11) is 0. The van der Waals surface area contributed by atoms with Crippen molar-refractivity contribution in [3.05, 3.63) is 11.6 Å². The zero-order chi connectivity index (χ0) is 12.7. The van der Waals surface area contributed by atoms with Gasteiger partial charge in [0.2, 0.25) is 0 Å². The van der Waals surface area contributed by atoms with E-state index in [2.05, 4.69) is 29.0 Å². The van der Waals surface area contributed by atoms with Gasteiger partial charge in [-0.05, 0) is 26.7 Å². The van der Waals surface area contributed by atoms with Crippen molar-refractivity contribution in [3.8, 4) is 0 Å². The van der Waals surface area contributed by atoms with Crippen LogP contribution in [0.15, 0.2) is 0 Å². The molecule has 17 heavy (non-hydrogen) atoms. The Labute approximate surface area is 103 Å². The van der Waals surface area contributed by atoms with E-state index in [1.54, 1.807) is 0 Å². The summed E-state index contributed by atoms with van der Waals surface area (Å²) in [6, 6.07) is 0. The molecule has 2 rings (SSSR count). The maximum atomic E-state index is 6.21. The van der Waals surface area contributed by atoms with E-state index in [4.69, 9.17) is 5.73 Å². The molecule has 0 atom stereocenters. The van der Waals surface area contributed by atoms with Crippen LogP contribution in [0.2, 0.25) is 0 Å². The van der Waals surface area contributed by atoms with E-state index < -0.39 is 0 Å². The molecule has 1 saturated carbocycles. The van der Waals surface area contributed by atoms with Crippen LogP contribution in [-0.2, 0) is 5.41 Å². The lowest BCUT2D eigenvalue weighted by Gasteiger charge is -2.35. The average Bonchev–Trinajstić information content (AvgIpc) is 2.87. The van der Waals surface area contributed by atoms with Gasteiger partial charge in [0, 0.05) is 16.9 Å². The number of aromatic amines is 1. The molecule has 4 nitrogen and oxygen atoms in total. The van der Waals surface area contributed by atoms with Gasteiger partial charge in [0.25, 0.3) is 0 Å². The van der Waals surface area contributed by atoms with Gasteiger partial charge in [-0.1, -0.05) is 26.7 Å². The lowest BCUT2D eigenvalue weighted by molar-refractivity contribution is 0.291. The first-order valence-corrected chi connectivity index (χ1v) is 6.54. The van der Waals surface area contributed by atoms with E-state index in [9.17, 15) is 0 Å². The molecule has 0 amide bonds. The Kier molecular flexibility index (Phi) is 3.02. The van der Waals surface area contributed by atoms with Crippen LogP contribution in [0, 0.1) is 0 Å². The Hall–Kier alpha value is -0.900. The zero-order valence-corrected chi connectivity index (χ0v) is 11.4. The van der Waals surface area contributed by atoms with Crippen molar-refractivity contribution in [2.75, 3.05) is 0 Å². The van der Waals surface area contributed by atoms with E-state index in [1.807, 2.05) is 13.8 Å². The normalized spacial score (nSPS) is 18.9.